The summed E-state index contributed by atoms with van der Waals surface area (Å²) in [6.07, 6.45) is 4.59. The minimum absolute atomic E-state index is 0.119. The molecule has 2 heterocycles. The van der Waals surface area contributed by atoms with Gasteiger partial charge in [-0.25, -0.2) is 0 Å². The van der Waals surface area contributed by atoms with Gasteiger partial charge in [0, 0.05) is 24.3 Å². The van der Waals surface area contributed by atoms with Crippen LogP contribution in [-0.4, -0.2) is 25.4 Å². The molecule has 0 saturated carbocycles. The second-order valence-corrected chi connectivity index (χ2v) is 5.12. The van der Waals surface area contributed by atoms with Crippen LogP contribution in [-0.2, 0) is 9.47 Å². The van der Waals surface area contributed by atoms with Crippen LogP contribution in [0.3, 0.4) is 0 Å². The predicted molar refractivity (Wildman–Crippen MR) is 78.1 cm³/mol. The Morgan fingerprint density at radius 3 is 1.55 bits per heavy atom. The maximum atomic E-state index is 5.48. The molecule has 0 amide bonds. The zero-order chi connectivity index (χ0) is 13.6. The monoisotopic (exact) mass is 266 g/mol. The average molecular weight is 266 g/mol. The van der Waals surface area contributed by atoms with Crippen LogP contribution in [0.5, 0.6) is 0 Å². The molecule has 2 saturated heterocycles. The highest BCUT2D eigenvalue weighted by molar-refractivity contribution is 5.42. The Morgan fingerprint density at radius 1 is 0.750 bits per heavy atom. The van der Waals surface area contributed by atoms with Crippen molar-refractivity contribution in [2.24, 2.45) is 0 Å². The molecule has 2 aliphatic rings. The molecule has 102 valence electrons. The van der Waals surface area contributed by atoms with Crippen LogP contribution in [0.25, 0.3) is 0 Å². The van der Waals surface area contributed by atoms with Crippen LogP contribution < -0.4 is 0 Å². The van der Waals surface area contributed by atoms with E-state index >= 15 is 0 Å². The number of rotatable bonds is 0. The van der Waals surface area contributed by atoms with Crippen LogP contribution in [0, 0.1) is 23.7 Å². The summed E-state index contributed by atoms with van der Waals surface area (Å²) in [5.74, 6) is 12.7. The third-order valence-corrected chi connectivity index (χ3v) is 3.50. The molecule has 0 radical (unpaired) electrons. The topological polar surface area (TPSA) is 18.5 Å². The Bertz CT molecular complexity index is 500. The van der Waals surface area contributed by atoms with Gasteiger partial charge in [0.1, 0.15) is 12.2 Å². The first kappa shape index (κ1) is 13.3. The van der Waals surface area contributed by atoms with Crippen molar-refractivity contribution >= 4 is 0 Å². The molecule has 0 spiro atoms. The van der Waals surface area contributed by atoms with Gasteiger partial charge in [0.2, 0.25) is 0 Å². The molecule has 1 aromatic carbocycles. The van der Waals surface area contributed by atoms with Gasteiger partial charge in [0.15, 0.2) is 0 Å². The minimum Gasteiger partial charge on any atom is -0.366 e. The quantitative estimate of drug-likeness (QED) is 0.672. The summed E-state index contributed by atoms with van der Waals surface area (Å²) in [6.45, 7) is 1.69. The molecule has 2 unspecified atom stereocenters. The summed E-state index contributed by atoms with van der Waals surface area (Å²) in [5.41, 5.74) is 2.03. The minimum atomic E-state index is 0.119. The highest BCUT2D eigenvalue weighted by Gasteiger charge is 2.12. The predicted octanol–water partition coefficient (Wildman–Crippen LogP) is 2.75. The molecule has 2 nitrogen and oxygen atoms in total. The fraction of sp³-hybridized carbons (Fsp3) is 0.444. The zero-order valence-electron chi connectivity index (χ0n) is 11.5. The molecule has 2 heteroatoms. The fourth-order valence-electron chi connectivity index (χ4n) is 2.35. The SMILES string of the molecule is C(#CC1CCCO1)c1ccc(C#CC2CCCO2)cc1. The Kier molecular flexibility index (Phi) is 4.38. The van der Waals surface area contributed by atoms with E-state index in [0.29, 0.717) is 0 Å². The molecule has 0 bridgehead atoms. The first-order valence-electron chi connectivity index (χ1n) is 7.26. The Balaban J connectivity index is 1.61. The molecule has 0 N–H and O–H groups in total. The Labute approximate surface area is 120 Å². The van der Waals surface area contributed by atoms with Crippen molar-refractivity contribution in [3.63, 3.8) is 0 Å². The van der Waals surface area contributed by atoms with Crippen LogP contribution >= 0.6 is 0 Å². The van der Waals surface area contributed by atoms with Gasteiger partial charge in [-0.3, -0.25) is 0 Å². The van der Waals surface area contributed by atoms with Crippen LogP contribution in [0.4, 0.5) is 0 Å². The van der Waals surface area contributed by atoms with E-state index in [1.165, 1.54) is 0 Å². The van der Waals surface area contributed by atoms with Crippen LogP contribution in [0.2, 0.25) is 0 Å². The summed E-state index contributed by atoms with van der Waals surface area (Å²) in [4.78, 5) is 0. The fourth-order valence-corrected chi connectivity index (χ4v) is 2.35. The van der Waals surface area contributed by atoms with Gasteiger partial charge in [-0.05, 0) is 49.9 Å². The molecule has 3 rings (SSSR count). The lowest BCUT2D eigenvalue weighted by Crippen LogP contribution is -1.99. The van der Waals surface area contributed by atoms with E-state index < -0.39 is 0 Å². The van der Waals surface area contributed by atoms with Crippen molar-refractivity contribution in [1.82, 2.24) is 0 Å². The van der Waals surface area contributed by atoms with E-state index in [4.69, 9.17) is 9.47 Å². The average Bonchev–Trinajstić information content (AvgIpc) is 3.17. The van der Waals surface area contributed by atoms with Gasteiger partial charge in [-0.2, -0.15) is 0 Å². The largest absolute Gasteiger partial charge is 0.366 e. The lowest BCUT2D eigenvalue weighted by molar-refractivity contribution is 0.152. The molecule has 0 aliphatic carbocycles. The van der Waals surface area contributed by atoms with Crippen molar-refractivity contribution in [1.29, 1.82) is 0 Å². The van der Waals surface area contributed by atoms with E-state index in [9.17, 15) is 0 Å². The third-order valence-electron chi connectivity index (χ3n) is 3.50. The number of ether oxygens (including phenoxy) is 2. The van der Waals surface area contributed by atoms with Gasteiger partial charge >= 0.3 is 0 Å². The van der Waals surface area contributed by atoms with Gasteiger partial charge in [-0.15, -0.1) is 0 Å². The molecule has 1 aromatic rings. The summed E-state index contributed by atoms with van der Waals surface area (Å²) in [7, 11) is 0. The van der Waals surface area contributed by atoms with Crippen LogP contribution in [0.15, 0.2) is 24.3 Å². The summed E-state index contributed by atoms with van der Waals surface area (Å²) < 4.78 is 11.0. The molecule has 2 fully saturated rings. The normalized spacial score (nSPS) is 24.6. The lowest BCUT2D eigenvalue weighted by Gasteiger charge is -1.98. The highest BCUT2D eigenvalue weighted by atomic mass is 16.5. The summed E-state index contributed by atoms with van der Waals surface area (Å²) in [6, 6.07) is 8.06. The smallest absolute Gasteiger partial charge is 0.118 e. The molecule has 0 aromatic heterocycles. The van der Waals surface area contributed by atoms with Crippen molar-refractivity contribution < 1.29 is 9.47 Å². The van der Waals surface area contributed by atoms with Gasteiger partial charge in [0.25, 0.3) is 0 Å². The van der Waals surface area contributed by atoms with E-state index in [0.717, 1.165) is 50.0 Å². The third kappa shape index (κ3) is 3.64. The van der Waals surface area contributed by atoms with E-state index in [-0.39, 0.29) is 12.2 Å². The summed E-state index contributed by atoms with van der Waals surface area (Å²) in [5, 5.41) is 0. The Morgan fingerprint density at radius 2 is 1.20 bits per heavy atom. The number of benzene rings is 1. The van der Waals surface area contributed by atoms with Crippen molar-refractivity contribution in [3.05, 3.63) is 35.4 Å². The zero-order valence-corrected chi connectivity index (χ0v) is 11.5. The number of hydrogen-bond acceptors (Lipinski definition) is 2. The van der Waals surface area contributed by atoms with Gasteiger partial charge in [0.05, 0.1) is 0 Å². The molecule has 2 atom stereocenters. The van der Waals surface area contributed by atoms with E-state index in [1.807, 2.05) is 24.3 Å². The molecular weight excluding hydrogens is 248 g/mol. The number of hydrogen-bond donors (Lipinski definition) is 0. The molecule has 20 heavy (non-hydrogen) atoms. The maximum absolute atomic E-state index is 5.48. The van der Waals surface area contributed by atoms with Crippen molar-refractivity contribution in [3.8, 4) is 23.7 Å². The summed E-state index contributed by atoms with van der Waals surface area (Å²) >= 11 is 0. The van der Waals surface area contributed by atoms with Crippen LogP contribution in [0.1, 0.15) is 36.8 Å². The van der Waals surface area contributed by atoms with Crippen molar-refractivity contribution in [2.45, 2.75) is 37.9 Å². The second kappa shape index (κ2) is 6.62. The highest BCUT2D eigenvalue weighted by Crippen LogP contribution is 2.12. The van der Waals surface area contributed by atoms with Gasteiger partial charge in [-0.1, -0.05) is 23.7 Å². The van der Waals surface area contributed by atoms with E-state index in [2.05, 4.69) is 23.7 Å². The molecule has 2 aliphatic heterocycles. The van der Waals surface area contributed by atoms with E-state index in [1.54, 1.807) is 0 Å². The molecular formula is C18H18O2. The first-order chi connectivity index (χ1) is 9.90. The van der Waals surface area contributed by atoms with Gasteiger partial charge < -0.3 is 9.47 Å². The maximum Gasteiger partial charge on any atom is 0.118 e. The first-order valence-corrected chi connectivity index (χ1v) is 7.26. The lowest BCUT2D eigenvalue weighted by atomic mass is 10.1. The Hall–Kier alpha value is -1.74. The second-order valence-electron chi connectivity index (χ2n) is 5.12. The standard InChI is InChI=1S/C18H18O2/c1-3-17(19-13-1)11-9-15-5-7-16(8-6-15)10-12-18-4-2-14-20-18/h5-8,17-18H,1-4,13-14H2. The van der Waals surface area contributed by atoms with Crippen molar-refractivity contribution in [2.75, 3.05) is 13.2 Å².